The molecule has 1 heterocycles. The lowest BCUT2D eigenvalue weighted by molar-refractivity contribution is -0.122. The van der Waals surface area contributed by atoms with Crippen LogP contribution in [0.15, 0.2) is 18.2 Å². The second-order valence-electron chi connectivity index (χ2n) is 5.75. The van der Waals surface area contributed by atoms with Crippen LogP contribution >= 0.6 is 0 Å². The van der Waals surface area contributed by atoms with Gasteiger partial charge in [0.1, 0.15) is 5.75 Å². The highest BCUT2D eigenvalue weighted by atomic mass is 16.5. The summed E-state index contributed by atoms with van der Waals surface area (Å²) < 4.78 is 5.37. The molecule has 2 rings (SSSR count). The van der Waals surface area contributed by atoms with E-state index in [2.05, 4.69) is 11.8 Å². The third-order valence-corrected chi connectivity index (χ3v) is 4.27. The number of anilines is 1. The SMILES string of the molecule is COc1cccc(N2CC(C(N)=O)CCC2C)c1C(C)O. The van der Waals surface area contributed by atoms with E-state index in [1.54, 1.807) is 14.0 Å². The maximum atomic E-state index is 11.5. The zero-order valence-corrected chi connectivity index (χ0v) is 12.9. The number of carbonyl (C=O) groups is 1. The minimum atomic E-state index is -0.641. The van der Waals surface area contributed by atoms with Crippen molar-refractivity contribution in [3.8, 4) is 5.75 Å². The van der Waals surface area contributed by atoms with Gasteiger partial charge in [0.05, 0.1) is 19.1 Å². The van der Waals surface area contributed by atoms with Crippen molar-refractivity contribution in [3.05, 3.63) is 23.8 Å². The molecule has 3 atom stereocenters. The van der Waals surface area contributed by atoms with Crippen LogP contribution in [0.1, 0.15) is 38.4 Å². The molecule has 0 aliphatic carbocycles. The number of methoxy groups -OCH3 is 1. The molecular formula is C16H24N2O3. The van der Waals surface area contributed by atoms with Gasteiger partial charge in [-0.1, -0.05) is 6.07 Å². The highest BCUT2D eigenvalue weighted by Gasteiger charge is 2.31. The van der Waals surface area contributed by atoms with Crippen LogP contribution in [-0.4, -0.2) is 30.7 Å². The van der Waals surface area contributed by atoms with E-state index in [1.165, 1.54) is 0 Å². The van der Waals surface area contributed by atoms with Crippen LogP contribution in [0.2, 0.25) is 0 Å². The molecule has 3 unspecified atom stereocenters. The predicted molar refractivity (Wildman–Crippen MR) is 82.4 cm³/mol. The molecule has 116 valence electrons. The van der Waals surface area contributed by atoms with Gasteiger partial charge in [-0.05, 0) is 38.8 Å². The van der Waals surface area contributed by atoms with Crippen molar-refractivity contribution < 1.29 is 14.6 Å². The van der Waals surface area contributed by atoms with E-state index >= 15 is 0 Å². The molecule has 3 N–H and O–H groups in total. The fourth-order valence-electron chi connectivity index (χ4n) is 3.06. The minimum Gasteiger partial charge on any atom is -0.496 e. The van der Waals surface area contributed by atoms with Gasteiger partial charge in [0.15, 0.2) is 0 Å². The zero-order valence-electron chi connectivity index (χ0n) is 12.9. The average Bonchev–Trinajstić information content (AvgIpc) is 2.46. The fourth-order valence-corrected chi connectivity index (χ4v) is 3.06. The summed E-state index contributed by atoms with van der Waals surface area (Å²) >= 11 is 0. The Labute approximate surface area is 125 Å². The molecule has 1 aliphatic rings. The summed E-state index contributed by atoms with van der Waals surface area (Å²) in [5.74, 6) is 0.263. The van der Waals surface area contributed by atoms with Crippen LogP contribution in [0.25, 0.3) is 0 Å². The van der Waals surface area contributed by atoms with Crippen molar-refractivity contribution in [2.45, 2.75) is 38.8 Å². The number of nitrogens with two attached hydrogens (primary N) is 1. The number of carbonyl (C=O) groups excluding carboxylic acids is 1. The monoisotopic (exact) mass is 292 g/mol. The van der Waals surface area contributed by atoms with Gasteiger partial charge >= 0.3 is 0 Å². The summed E-state index contributed by atoms with van der Waals surface area (Å²) in [6, 6.07) is 6.00. The number of aliphatic hydroxyl groups is 1. The Morgan fingerprint density at radius 1 is 1.48 bits per heavy atom. The number of nitrogens with zero attached hydrogens (tertiary/aromatic N) is 1. The van der Waals surface area contributed by atoms with Crippen molar-refractivity contribution in [1.82, 2.24) is 0 Å². The molecular weight excluding hydrogens is 268 g/mol. The number of amides is 1. The van der Waals surface area contributed by atoms with Gasteiger partial charge in [-0.15, -0.1) is 0 Å². The molecule has 1 amide bonds. The average molecular weight is 292 g/mol. The quantitative estimate of drug-likeness (QED) is 0.888. The van der Waals surface area contributed by atoms with Crippen molar-refractivity contribution in [1.29, 1.82) is 0 Å². The number of aliphatic hydroxyl groups excluding tert-OH is 1. The lowest BCUT2D eigenvalue weighted by Crippen LogP contribution is -2.46. The summed E-state index contributed by atoms with van der Waals surface area (Å²) in [6.07, 6.45) is 1.09. The lowest BCUT2D eigenvalue weighted by atomic mass is 9.91. The van der Waals surface area contributed by atoms with Crippen LogP contribution in [-0.2, 0) is 4.79 Å². The summed E-state index contributed by atoms with van der Waals surface area (Å²) in [5.41, 5.74) is 7.15. The maximum Gasteiger partial charge on any atom is 0.222 e. The number of hydrogen-bond acceptors (Lipinski definition) is 4. The molecule has 21 heavy (non-hydrogen) atoms. The van der Waals surface area contributed by atoms with Crippen LogP contribution in [0.4, 0.5) is 5.69 Å². The number of ether oxygens (including phenoxy) is 1. The molecule has 0 bridgehead atoms. The molecule has 1 aromatic carbocycles. The second-order valence-corrected chi connectivity index (χ2v) is 5.75. The van der Waals surface area contributed by atoms with Gasteiger partial charge in [0, 0.05) is 23.8 Å². The van der Waals surface area contributed by atoms with E-state index in [0.29, 0.717) is 18.3 Å². The third-order valence-electron chi connectivity index (χ3n) is 4.27. The second kappa shape index (κ2) is 6.35. The van der Waals surface area contributed by atoms with Gasteiger partial charge < -0.3 is 20.5 Å². The van der Waals surface area contributed by atoms with Crippen LogP contribution in [0.5, 0.6) is 5.75 Å². The van der Waals surface area contributed by atoms with Gasteiger partial charge in [0.2, 0.25) is 5.91 Å². The van der Waals surface area contributed by atoms with Gasteiger partial charge in [-0.2, -0.15) is 0 Å². The Morgan fingerprint density at radius 2 is 2.19 bits per heavy atom. The number of piperidine rings is 1. The van der Waals surface area contributed by atoms with E-state index in [4.69, 9.17) is 10.5 Å². The fraction of sp³-hybridized carbons (Fsp3) is 0.562. The molecule has 1 fully saturated rings. The molecule has 1 aliphatic heterocycles. The molecule has 0 spiro atoms. The Balaban J connectivity index is 2.41. The molecule has 5 heteroatoms. The molecule has 0 radical (unpaired) electrons. The van der Waals surface area contributed by atoms with E-state index in [9.17, 15) is 9.90 Å². The molecule has 5 nitrogen and oxygen atoms in total. The Morgan fingerprint density at radius 3 is 2.76 bits per heavy atom. The van der Waals surface area contributed by atoms with E-state index < -0.39 is 6.10 Å². The largest absolute Gasteiger partial charge is 0.496 e. The molecule has 1 saturated heterocycles. The number of primary amides is 1. The Hall–Kier alpha value is -1.75. The Kier molecular flexibility index (Phi) is 4.73. The van der Waals surface area contributed by atoms with Crippen molar-refractivity contribution in [2.24, 2.45) is 11.7 Å². The summed E-state index contributed by atoms with van der Waals surface area (Å²) in [7, 11) is 1.59. The van der Waals surface area contributed by atoms with Crippen LogP contribution < -0.4 is 15.4 Å². The van der Waals surface area contributed by atoms with Gasteiger partial charge in [-0.25, -0.2) is 0 Å². The third kappa shape index (κ3) is 3.13. The topological polar surface area (TPSA) is 75.8 Å². The summed E-state index contributed by atoms with van der Waals surface area (Å²) in [6.45, 7) is 4.44. The van der Waals surface area contributed by atoms with Gasteiger partial charge in [-0.3, -0.25) is 4.79 Å². The minimum absolute atomic E-state index is 0.144. The van der Waals surface area contributed by atoms with E-state index in [0.717, 1.165) is 24.1 Å². The predicted octanol–water partition coefficient (Wildman–Crippen LogP) is 1.84. The number of rotatable bonds is 4. The first kappa shape index (κ1) is 15.6. The first-order valence-electron chi connectivity index (χ1n) is 7.36. The van der Waals surface area contributed by atoms with Crippen molar-refractivity contribution >= 4 is 11.6 Å². The van der Waals surface area contributed by atoms with Crippen LogP contribution in [0, 0.1) is 5.92 Å². The maximum absolute atomic E-state index is 11.5. The van der Waals surface area contributed by atoms with E-state index in [1.807, 2.05) is 18.2 Å². The first-order valence-corrected chi connectivity index (χ1v) is 7.36. The molecule has 0 saturated carbocycles. The molecule has 1 aromatic rings. The summed E-state index contributed by atoms with van der Waals surface area (Å²) in [4.78, 5) is 13.7. The Bertz CT molecular complexity index is 516. The van der Waals surface area contributed by atoms with E-state index in [-0.39, 0.29) is 11.8 Å². The normalized spacial score (nSPS) is 23.7. The number of benzene rings is 1. The zero-order chi connectivity index (χ0) is 15.6. The highest BCUT2D eigenvalue weighted by molar-refractivity contribution is 5.78. The summed E-state index contributed by atoms with van der Waals surface area (Å²) in [5, 5.41) is 10.1. The highest BCUT2D eigenvalue weighted by Crippen LogP contribution is 2.38. The standard InChI is InChI=1S/C16H24N2O3/c1-10-7-8-12(16(17)20)9-18(10)13-5-4-6-14(21-3)15(13)11(2)19/h4-6,10-12,19H,7-9H2,1-3H3,(H2,17,20). The molecule has 0 aromatic heterocycles. The lowest BCUT2D eigenvalue weighted by Gasteiger charge is -2.40. The first-order chi connectivity index (χ1) is 9.95. The van der Waals surface area contributed by atoms with Crippen LogP contribution in [0.3, 0.4) is 0 Å². The van der Waals surface area contributed by atoms with Crippen molar-refractivity contribution in [3.63, 3.8) is 0 Å². The smallest absolute Gasteiger partial charge is 0.222 e. The number of hydrogen-bond donors (Lipinski definition) is 2. The van der Waals surface area contributed by atoms with Gasteiger partial charge in [0.25, 0.3) is 0 Å². The van der Waals surface area contributed by atoms with Crippen molar-refractivity contribution in [2.75, 3.05) is 18.6 Å².